The number of aryl methyl sites for hydroxylation is 1. The second-order valence-electron chi connectivity index (χ2n) is 5.74. The summed E-state index contributed by atoms with van der Waals surface area (Å²) in [6.45, 7) is 10.1. The lowest BCUT2D eigenvalue weighted by Crippen LogP contribution is -2.32. The van der Waals surface area contributed by atoms with Crippen molar-refractivity contribution < 1.29 is 9.53 Å². The van der Waals surface area contributed by atoms with E-state index in [-0.39, 0.29) is 5.91 Å². The number of thioether (sulfide) groups is 1. The summed E-state index contributed by atoms with van der Waals surface area (Å²) >= 11 is 3.01. The highest BCUT2D eigenvalue weighted by Gasteiger charge is 2.21. The minimum absolute atomic E-state index is 0.198. The van der Waals surface area contributed by atoms with Crippen LogP contribution in [0.4, 0.5) is 5.13 Å². The molecule has 2 aromatic rings. The minimum atomic E-state index is -0.560. The van der Waals surface area contributed by atoms with Crippen LogP contribution < -0.4 is 10.1 Å². The quantitative estimate of drug-likeness (QED) is 0.580. The fourth-order valence-electron chi connectivity index (χ4n) is 2.02. The maximum atomic E-state index is 12.5. The lowest BCUT2D eigenvalue weighted by molar-refractivity contribution is -0.122. The number of rotatable bonds is 7. The molecule has 0 aliphatic carbocycles. The van der Waals surface area contributed by atoms with Gasteiger partial charge in [-0.2, -0.15) is 0 Å². The summed E-state index contributed by atoms with van der Waals surface area (Å²) in [4.78, 5) is 12.5. The molecule has 7 heteroatoms. The van der Waals surface area contributed by atoms with Gasteiger partial charge in [-0.3, -0.25) is 10.1 Å². The average molecular weight is 366 g/mol. The Morgan fingerprint density at radius 1 is 1.33 bits per heavy atom. The fraction of sp³-hybridized carbons (Fsp3) is 0.471. The number of anilines is 1. The Balaban J connectivity index is 2.03. The Kier molecular flexibility index (Phi) is 6.62. The summed E-state index contributed by atoms with van der Waals surface area (Å²) in [5.74, 6) is 0.543. The molecule has 0 unspecified atom stereocenters. The molecular weight excluding hydrogens is 342 g/mol. The van der Waals surface area contributed by atoms with Crippen LogP contribution in [0.2, 0.25) is 0 Å². The smallest absolute Gasteiger partial charge is 0.267 e. The van der Waals surface area contributed by atoms with Crippen molar-refractivity contribution in [3.8, 4) is 5.75 Å². The molecule has 1 atom stereocenters. The van der Waals surface area contributed by atoms with Gasteiger partial charge in [0.05, 0.1) is 0 Å². The van der Waals surface area contributed by atoms with E-state index in [1.807, 2.05) is 39.0 Å². The zero-order valence-corrected chi connectivity index (χ0v) is 16.3. The number of benzene rings is 1. The van der Waals surface area contributed by atoms with Gasteiger partial charge >= 0.3 is 0 Å². The summed E-state index contributed by atoms with van der Waals surface area (Å²) in [6, 6.07) is 5.85. The van der Waals surface area contributed by atoms with Crippen molar-refractivity contribution in [2.24, 2.45) is 0 Å². The molecule has 0 radical (unpaired) electrons. The van der Waals surface area contributed by atoms with Crippen LogP contribution in [0.5, 0.6) is 5.75 Å². The summed E-state index contributed by atoms with van der Waals surface area (Å²) in [7, 11) is 0. The van der Waals surface area contributed by atoms with Crippen LogP contribution in [0.25, 0.3) is 0 Å². The van der Waals surface area contributed by atoms with E-state index in [1.54, 1.807) is 11.8 Å². The molecule has 1 N–H and O–H groups in total. The zero-order valence-electron chi connectivity index (χ0n) is 14.6. The number of nitrogens with zero attached hydrogens (tertiary/aromatic N) is 2. The van der Waals surface area contributed by atoms with Gasteiger partial charge in [0.25, 0.3) is 5.91 Å². The van der Waals surface area contributed by atoms with E-state index >= 15 is 0 Å². The Bertz CT molecular complexity index is 701. The molecule has 0 saturated heterocycles. The molecular formula is C17H23N3O2S2. The Morgan fingerprint density at radius 3 is 2.75 bits per heavy atom. The van der Waals surface area contributed by atoms with E-state index in [0.29, 0.717) is 16.8 Å². The first kappa shape index (κ1) is 18.7. The predicted molar refractivity (Wildman–Crippen MR) is 100 cm³/mol. The molecule has 0 spiro atoms. The highest BCUT2D eigenvalue weighted by molar-refractivity contribution is 8.01. The van der Waals surface area contributed by atoms with Gasteiger partial charge < -0.3 is 4.74 Å². The van der Waals surface area contributed by atoms with Crippen LogP contribution in [0.1, 0.15) is 38.3 Å². The third kappa shape index (κ3) is 4.95. The molecule has 130 valence electrons. The van der Waals surface area contributed by atoms with Crippen LogP contribution in [-0.2, 0) is 4.79 Å². The molecule has 1 heterocycles. The normalized spacial score (nSPS) is 12.2. The number of hydrogen-bond donors (Lipinski definition) is 1. The zero-order chi connectivity index (χ0) is 17.7. The number of hydrogen-bond acceptors (Lipinski definition) is 6. The molecule has 0 saturated carbocycles. The van der Waals surface area contributed by atoms with Crippen LogP contribution >= 0.6 is 23.1 Å². The summed E-state index contributed by atoms with van der Waals surface area (Å²) in [5, 5.41) is 11.8. The van der Waals surface area contributed by atoms with Gasteiger partial charge in [-0.25, -0.2) is 0 Å². The van der Waals surface area contributed by atoms with Gasteiger partial charge in [-0.05, 0) is 37.5 Å². The second kappa shape index (κ2) is 8.48. The maximum Gasteiger partial charge on any atom is 0.267 e. The molecule has 0 fully saturated rings. The van der Waals surface area contributed by atoms with Gasteiger partial charge in [0.15, 0.2) is 10.4 Å². The topological polar surface area (TPSA) is 64.1 Å². The lowest BCUT2D eigenvalue weighted by Gasteiger charge is -2.18. The van der Waals surface area contributed by atoms with Crippen molar-refractivity contribution >= 4 is 34.1 Å². The van der Waals surface area contributed by atoms with Crippen molar-refractivity contribution in [3.63, 3.8) is 0 Å². The first-order valence-electron chi connectivity index (χ1n) is 7.94. The Hall–Kier alpha value is -1.60. The average Bonchev–Trinajstić information content (AvgIpc) is 2.94. The molecule has 0 bridgehead atoms. The number of ether oxygens (including phenoxy) is 1. The van der Waals surface area contributed by atoms with E-state index in [2.05, 4.69) is 29.4 Å². The highest BCUT2D eigenvalue weighted by Crippen LogP contribution is 2.29. The second-order valence-corrected chi connectivity index (χ2v) is 8.54. The van der Waals surface area contributed by atoms with E-state index in [1.165, 1.54) is 11.3 Å². The maximum absolute atomic E-state index is 12.5. The van der Waals surface area contributed by atoms with Crippen LogP contribution in [0.3, 0.4) is 0 Å². The van der Waals surface area contributed by atoms with Crippen molar-refractivity contribution in [1.29, 1.82) is 0 Å². The van der Waals surface area contributed by atoms with Crippen molar-refractivity contribution in [2.75, 3.05) is 5.32 Å². The van der Waals surface area contributed by atoms with Gasteiger partial charge in [-0.15, -0.1) is 10.2 Å². The fourth-order valence-corrected chi connectivity index (χ4v) is 4.00. The Morgan fingerprint density at radius 2 is 2.08 bits per heavy atom. The molecule has 1 aromatic heterocycles. The minimum Gasteiger partial charge on any atom is -0.480 e. The van der Waals surface area contributed by atoms with E-state index in [4.69, 9.17) is 4.74 Å². The lowest BCUT2D eigenvalue weighted by atomic mass is 10.1. The third-order valence-electron chi connectivity index (χ3n) is 3.46. The molecule has 1 aromatic carbocycles. The molecule has 0 aliphatic heterocycles. The molecule has 1 amide bonds. The largest absolute Gasteiger partial charge is 0.480 e. The number of carbonyl (C=O) groups excluding carboxylic acids is 1. The van der Waals surface area contributed by atoms with Crippen molar-refractivity contribution in [2.45, 2.75) is 56.7 Å². The summed E-state index contributed by atoms with van der Waals surface area (Å²) in [5.41, 5.74) is 2.19. The van der Waals surface area contributed by atoms with Gasteiger partial charge in [0.2, 0.25) is 5.13 Å². The number of nitrogens with one attached hydrogen (secondary N) is 1. The van der Waals surface area contributed by atoms with Crippen molar-refractivity contribution in [1.82, 2.24) is 10.2 Å². The van der Waals surface area contributed by atoms with E-state index < -0.39 is 6.10 Å². The third-order valence-corrected chi connectivity index (χ3v) is 5.39. The summed E-state index contributed by atoms with van der Waals surface area (Å²) in [6.07, 6.45) is 0.0154. The Labute approximate surface area is 151 Å². The molecule has 2 rings (SSSR count). The molecule has 24 heavy (non-hydrogen) atoms. The van der Waals surface area contributed by atoms with Crippen molar-refractivity contribution in [3.05, 3.63) is 29.3 Å². The predicted octanol–water partition coefficient (Wildman–Crippen LogP) is 4.45. The van der Waals surface area contributed by atoms with E-state index in [0.717, 1.165) is 21.2 Å². The molecule has 5 nitrogen and oxygen atoms in total. The van der Waals surface area contributed by atoms with Gasteiger partial charge in [0.1, 0.15) is 5.75 Å². The monoisotopic (exact) mass is 365 g/mol. The number of aromatic nitrogens is 2. The first-order valence-corrected chi connectivity index (χ1v) is 9.64. The number of amides is 1. The summed E-state index contributed by atoms with van der Waals surface area (Å²) < 4.78 is 6.77. The highest BCUT2D eigenvalue weighted by atomic mass is 32.2. The van der Waals surface area contributed by atoms with Gasteiger partial charge in [-0.1, -0.05) is 56.0 Å². The first-order chi connectivity index (χ1) is 11.4. The van der Waals surface area contributed by atoms with E-state index in [9.17, 15) is 4.79 Å². The van der Waals surface area contributed by atoms with Crippen LogP contribution in [0.15, 0.2) is 22.5 Å². The van der Waals surface area contributed by atoms with Gasteiger partial charge in [0, 0.05) is 5.25 Å². The van der Waals surface area contributed by atoms with Crippen LogP contribution in [-0.4, -0.2) is 27.5 Å². The van der Waals surface area contributed by atoms with Crippen LogP contribution in [0, 0.1) is 13.8 Å². The SMILES string of the molecule is CC[C@@H](Oc1cccc(C)c1C)C(=O)Nc1nnc(SC(C)C)s1. The standard InChI is InChI=1S/C17H23N3O2S2/c1-6-13(22-14-9-7-8-11(4)12(14)5)15(21)18-16-19-20-17(24-16)23-10(2)3/h7-10,13H,6H2,1-5H3,(H,18,19,21)/t13-/m1/s1. The molecule has 0 aliphatic rings. The number of carbonyl (C=O) groups is 1.